The highest BCUT2D eigenvalue weighted by molar-refractivity contribution is 5.74. The predicted molar refractivity (Wildman–Crippen MR) is 139 cm³/mol. The summed E-state index contributed by atoms with van der Waals surface area (Å²) in [5, 5.41) is 19.8. The Hall–Kier alpha value is -3.02. The number of fused-ring (bicyclic) bond motifs is 1. The fourth-order valence-corrected chi connectivity index (χ4v) is 5.46. The van der Waals surface area contributed by atoms with Crippen LogP contribution in [0.15, 0.2) is 78.1 Å². The highest BCUT2D eigenvalue weighted by atomic mass is 16.5. The molecule has 0 spiro atoms. The monoisotopic (exact) mass is 473 g/mol. The van der Waals surface area contributed by atoms with Gasteiger partial charge in [0.05, 0.1) is 12.2 Å². The summed E-state index contributed by atoms with van der Waals surface area (Å²) in [6.45, 7) is 6.21. The van der Waals surface area contributed by atoms with E-state index in [2.05, 4.69) is 24.0 Å². The van der Waals surface area contributed by atoms with E-state index >= 15 is 0 Å². The number of hydrogen-bond acceptors (Lipinski definition) is 5. The maximum atomic E-state index is 10.0. The molecule has 2 unspecified atom stereocenters. The lowest BCUT2D eigenvalue weighted by Crippen LogP contribution is -2.37. The van der Waals surface area contributed by atoms with Crippen molar-refractivity contribution < 1.29 is 19.7 Å². The quantitative estimate of drug-likeness (QED) is 0.543. The van der Waals surface area contributed by atoms with Crippen LogP contribution in [0, 0.1) is 5.92 Å². The maximum absolute atomic E-state index is 10.0. The number of aromatic hydroxyl groups is 1. The van der Waals surface area contributed by atoms with Gasteiger partial charge in [0.1, 0.15) is 23.9 Å². The first-order chi connectivity index (χ1) is 17.1. The third-order valence-electron chi connectivity index (χ3n) is 7.38. The molecule has 184 valence electrons. The smallest absolute Gasteiger partial charge is 0.119 e. The number of allylic oxidation sites excluding steroid dienone is 1. The van der Waals surface area contributed by atoms with Gasteiger partial charge in [-0.25, -0.2) is 0 Å². The Morgan fingerprint density at radius 3 is 2.46 bits per heavy atom. The van der Waals surface area contributed by atoms with E-state index in [1.807, 2.05) is 30.3 Å². The molecule has 1 fully saturated rings. The molecule has 0 saturated carbocycles. The van der Waals surface area contributed by atoms with Crippen molar-refractivity contribution in [3.8, 4) is 11.5 Å². The zero-order valence-electron chi connectivity index (χ0n) is 20.4. The van der Waals surface area contributed by atoms with Crippen LogP contribution in [-0.4, -0.2) is 53.6 Å². The van der Waals surface area contributed by atoms with Crippen molar-refractivity contribution >= 4 is 5.57 Å². The number of aliphatic hydroxyl groups is 1. The number of phenolic OH excluding ortho intramolecular Hbond substituents is 1. The van der Waals surface area contributed by atoms with Crippen LogP contribution in [-0.2, 0) is 11.2 Å². The second-order valence-corrected chi connectivity index (χ2v) is 9.81. The molecular weight excluding hydrogens is 438 g/mol. The van der Waals surface area contributed by atoms with Crippen molar-refractivity contribution in [1.29, 1.82) is 0 Å². The lowest BCUT2D eigenvalue weighted by atomic mass is 9.79. The summed E-state index contributed by atoms with van der Waals surface area (Å²) in [7, 11) is 0. The Morgan fingerprint density at radius 1 is 0.971 bits per heavy atom. The molecule has 2 aromatic rings. The van der Waals surface area contributed by atoms with Gasteiger partial charge in [0, 0.05) is 18.9 Å². The molecule has 3 aliphatic rings. The number of hydrogen-bond donors (Lipinski definition) is 2. The van der Waals surface area contributed by atoms with Crippen molar-refractivity contribution in [1.82, 2.24) is 4.90 Å². The van der Waals surface area contributed by atoms with Gasteiger partial charge in [-0.2, -0.15) is 0 Å². The van der Waals surface area contributed by atoms with Crippen LogP contribution in [0.25, 0.3) is 5.57 Å². The summed E-state index contributed by atoms with van der Waals surface area (Å²) in [5.74, 6) is 1.48. The normalized spacial score (nSPS) is 24.7. The molecule has 35 heavy (non-hydrogen) atoms. The molecule has 0 radical (unpaired) electrons. The highest BCUT2D eigenvalue weighted by Gasteiger charge is 2.35. The standard InChI is InChI=1S/C30H35NO4/c1-21-27-14-11-25(33)20-28(27)35-29(30(21)23-7-9-24(32)10-8-23)19-22-5-12-26(13-6-22)34-18-17-31-15-3-2-4-16-31/h5-14,20,27-29,32-33H,2-4,15-19H2,1H3/t27?,28?,29-/m1/s1. The first-order valence-electron chi connectivity index (χ1n) is 12.8. The summed E-state index contributed by atoms with van der Waals surface area (Å²) in [5.41, 5.74) is 4.59. The van der Waals surface area contributed by atoms with Crippen LogP contribution >= 0.6 is 0 Å². The van der Waals surface area contributed by atoms with Crippen molar-refractivity contribution in [2.24, 2.45) is 5.92 Å². The molecule has 5 heteroatoms. The predicted octanol–water partition coefficient (Wildman–Crippen LogP) is 5.67. The largest absolute Gasteiger partial charge is 0.508 e. The lowest BCUT2D eigenvalue weighted by Gasteiger charge is -2.38. The maximum Gasteiger partial charge on any atom is 0.119 e. The summed E-state index contributed by atoms with van der Waals surface area (Å²) < 4.78 is 12.6. The van der Waals surface area contributed by atoms with Crippen LogP contribution in [0.4, 0.5) is 0 Å². The number of likely N-dealkylation sites (tertiary alicyclic amines) is 1. The van der Waals surface area contributed by atoms with Crippen LogP contribution in [0.1, 0.15) is 37.3 Å². The number of phenols is 1. The minimum Gasteiger partial charge on any atom is -0.508 e. The van der Waals surface area contributed by atoms with E-state index in [-0.39, 0.29) is 29.6 Å². The van der Waals surface area contributed by atoms with Gasteiger partial charge in [0.2, 0.25) is 0 Å². The summed E-state index contributed by atoms with van der Waals surface area (Å²) in [6.07, 6.45) is 9.86. The van der Waals surface area contributed by atoms with E-state index in [1.165, 1.54) is 43.5 Å². The summed E-state index contributed by atoms with van der Waals surface area (Å²) in [6, 6.07) is 15.7. The first kappa shape index (κ1) is 23.7. The molecule has 2 N–H and O–H groups in total. The van der Waals surface area contributed by atoms with E-state index in [1.54, 1.807) is 24.3 Å². The molecule has 0 bridgehead atoms. The molecule has 3 atom stereocenters. The Kier molecular flexibility index (Phi) is 7.26. The minimum atomic E-state index is -0.191. The molecule has 5 nitrogen and oxygen atoms in total. The lowest BCUT2D eigenvalue weighted by molar-refractivity contribution is 0.0179. The van der Waals surface area contributed by atoms with Gasteiger partial charge < -0.3 is 19.7 Å². The summed E-state index contributed by atoms with van der Waals surface area (Å²) >= 11 is 0. The number of benzene rings is 2. The molecule has 1 aliphatic carbocycles. The highest BCUT2D eigenvalue weighted by Crippen LogP contribution is 2.41. The van der Waals surface area contributed by atoms with E-state index in [0.717, 1.165) is 23.4 Å². The van der Waals surface area contributed by atoms with Gasteiger partial charge in [0.15, 0.2) is 0 Å². The Bertz CT molecular complexity index is 1090. The number of ether oxygens (including phenoxy) is 2. The third kappa shape index (κ3) is 5.63. The van der Waals surface area contributed by atoms with Crippen molar-refractivity contribution in [2.75, 3.05) is 26.2 Å². The Balaban J connectivity index is 1.30. The molecule has 2 aliphatic heterocycles. The molecular formula is C30H35NO4. The number of aliphatic hydroxyl groups excluding tert-OH is 1. The van der Waals surface area contributed by atoms with Crippen molar-refractivity contribution in [3.63, 3.8) is 0 Å². The van der Waals surface area contributed by atoms with Gasteiger partial charge in [-0.1, -0.05) is 42.3 Å². The Morgan fingerprint density at radius 2 is 1.71 bits per heavy atom. The minimum absolute atomic E-state index is 0.0848. The second-order valence-electron chi connectivity index (χ2n) is 9.81. The van der Waals surface area contributed by atoms with Gasteiger partial charge >= 0.3 is 0 Å². The van der Waals surface area contributed by atoms with E-state index in [0.29, 0.717) is 13.0 Å². The fourth-order valence-electron chi connectivity index (χ4n) is 5.46. The molecule has 2 heterocycles. The van der Waals surface area contributed by atoms with Gasteiger partial charge in [-0.3, -0.25) is 4.90 Å². The van der Waals surface area contributed by atoms with Crippen LogP contribution in [0.5, 0.6) is 11.5 Å². The zero-order chi connectivity index (χ0) is 24.2. The number of rotatable bonds is 7. The van der Waals surface area contributed by atoms with Gasteiger partial charge in [-0.15, -0.1) is 0 Å². The van der Waals surface area contributed by atoms with Crippen LogP contribution < -0.4 is 4.74 Å². The number of nitrogens with zero attached hydrogens (tertiary/aromatic N) is 1. The van der Waals surface area contributed by atoms with Crippen molar-refractivity contribution in [3.05, 3.63) is 89.2 Å². The summed E-state index contributed by atoms with van der Waals surface area (Å²) in [4.78, 5) is 2.48. The third-order valence-corrected chi connectivity index (χ3v) is 7.38. The molecule has 2 aromatic carbocycles. The van der Waals surface area contributed by atoms with Gasteiger partial charge in [0.25, 0.3) is 0 Å². The first-order valence-corrected chi connectivity index (χ1v) is 12.8. The van der Waals surface area contributed by atoms with Crippen LogP contribution in [0.2, 0.25) is 0 Å². The average Bonchev–Trinajstić information content (AvgIpc) is 2.87. The van der Waals surface area contributed by atoms with Gasteiger partial charge in [-0.05, 0) is 86.0 Å². The fraction of sp³-hybridized carbons (Fsp3) is 0.400. The number of piperidine rings is 1. The van der Waals surface area contributed by atoms with E-state index < -0.39 is 0 Å². The van der Waals surface area contributed by atoms with Crippen LogP contribution in [0.3, 0.4) is 0 Å². The molecule has 0 amide bonds. The SMILES string of the molecule is CC1=C(c2ccc(O)cc2)[C@@H](Cc2ccc(OCCN3CCCCC3)cc2)OC2C=C(O)C=CC12. The van der Waals surface area contributed by atoms with E-state index in [4.69, 9.17) is 9.47 Å². The van der Waals surface area contributed by atoms with Crippen molar-refractivity contribution in [2.45, 2.75) is 44.8 Å². The zero-order valence-corrected chi connectivity index (χ0v) is 20.4. The van der Waals surface area contributed by atoms with E-state index in [9.17, 15) is 10.2 Å². The second kappa shape index (κ2) is 10.7. The molecule has 5 rings (SSSR count). The molecule has 0 aromatic heterocycles. The topological polar surface area (TPSA) is 62.2 Å². The Labute approximate surface area is 208 Å². The molecule has 1 saturated heterocycles. The average molecular weight is 474 g/mol.